The van der Waals surface area contributed by atoms with Crippen molar-refractivity contribution in [2.24, 2.45) is 5.41 Å². The summed E-state index contributed by atoms with van der Waals surface area (Å²) >= 11 is 0. The van der Waals surface area contributed by atoms with Crippen LogP contribution in [0.1, 0.15) is 71.6 Å². The molecule has 36 heavy (non-hydrogen) atoms. The van der Waals surface area contributed by atoms with Gasteiger partial charge in [-0.15, -0.1) is 0 Å². The summed E-state index contributed by atoms with van der Waals surface area (Å²) in [5.41, 5.74) is 14.0. The molecule has 0 radical (unpaired) electrons. The lowest BCUT2D eigenvalue weighted by molar-refractivity contribution is -0.0704. The third-order valence-corrected chi connectivity index (χ3v) is 13.0. The maximum absolute atomic E-state index is 13.1. The van der Waals surface area contributed by atoms with Crippen molar-refractivity contribution in [1.29, 1.82) is 0 Å². The lowest BCUT2D eigenvalue weighted by Crippen LogP contribution is -2.63. The van der Waals surface area contributed by atoms with Crippen LogP contribution in [0.3, 0.4) is 0 Å². The van der Waals surface area contributed by atoms with Gasteiger partial charge in [0.2, 0.25) is 0 Å². The molecule has 2 aromatic rings. The van der Waals surface area contributed by atoms with Crippen molar-refractivity contribution >= 4 is 25.8 Å². The zero-order valence-electron chi connectivity index (χ0n) is 23.3. The number of hydrogen-bond acceptors (Lipinski definition) is 4. The predicted molar refractivity (Wildman–Crippen MR) is 152 cm³/mol. The fourth-order valence-electron chi connectivity index (χ4n) is 5.43. The molecular formula is C29H45N3O3Si. The number of nitrogens with zero attached hydrogens (tertiary/aromatic N) is 1. The molecule has 7 heteroatoms. The van der Waals surface area contributed by atoms with Crippen molar-refractivity contribution in [3.05, 3.63) is 59.7 Å². The molecule has 1 fully saturated rings. The molecule has 1 saturated heterocycles. The van der Waals surface area contributed by atoms with Gasteiger partial charge in [-0.3, -0.25) is 4.90 Å². The normalized spacial score (nSPS) is 22.0. The first-order valence-electron chi connectivity index (χ1n) is 12.9. The van der Waals surface area contributed by atoms with Crippen LogP contribution in [0.25, 0.3) is 0 Å². The number of rotatable bonds is 6. The first-order chi connectivity index (χ1) is 16.5. The van der Waals surface area contributed by atoms with E-state index >= 15 is 0 Å². The Labute approximate surface area is 218 Å². The third-order valence-electron chi connectivity index (χ3n) is 8.54. The summed E-state index contributed by atoms with van der Waals surface area (Å²) in [5.74, 6) is 0. The van der Waals surface area contributed by atoms with Gasteiger partial charge < -0.3 is 21.0 Å². The molecule has 0 aromatic heterocycles. The average Bonchev–Trinajstić information content (AvgIpc) is 3.15. The third kappa shape index (κ3) is 5.14. The minimum absolute atomic E-state index is 0.0212. The number of nitrogen functional groups attached to an aromatic ring is 2. The van der Waals surface area contributed by atoms with Gasteiger partial charge >= 0.3 is 6.09 Å². The number of carbonyl (C=O) groups is 1. The summed E-state index contributed by atoms with van der Waals surface area (Å²) in [7, 11) is -2.27. The topological polar surface area (TPSA) is 102 Å². The number of amides is 1. The number of hydrogen-bond donors (Lipinski definition) is 3. The number of benzene rings is 2. The first-order valence-corrected chi connectivity index (χ1v) is 15.8. The second-order valence-electron chi connectivity index (χ2n) is 12.9. The van der Waals surface area contributed by atoms with Gasteiger partial charge in [0, 0.05) is 6.04 Å². The highest BCUT2D eigenvalue weighted by Crippen LogP contribution is 2.56. The Morgan fingerprint density at radius 2 is 1.69 bits per heavy atom. The highest BCUT2D eigenvalue weighted by atomic mass is 28.4. The summed E-state index contributed by atoms with van der Waals surface area (Å²) < 4.78 is 7.21. The Morgan fingerprint density at radius 1 is 1.08 bits per heavy atom. The van der Waals surface area contributed by atoms with Crippen molar-refractivity contribution in [2.45, 2.75) is 96.6 Å². The summed E-state index contributed by atoms with van der Waals surface area (Å²) in [5, 5.41) is 10.7. The van der Waals surface area contributed by atoms with Gasteiger partial charge in [-0.05, 0) is 66.1 Å². The zero-order chi connectivity index (χ0) is 27.1. The molecule has 3 rings (SSSR count). The van der Waals surface area contributed by atoms with E-state index in [1.165, 1.54) is 0 Å². The standard InChI is InChI=1S/C29H45N3O3Si/c1-27(2,3)29(25(21-12-10-9-11-13-21)35-36(7,8)28(4,5)6)17-16-22(32(29)26(33)34)18-20-14-15-23(30)24(31)19-20/h9-15,19,22,25H,16-18,30-31H2,1-8H3,(H,33,34)/t22-,25+,29-/m0/s1. The molecule has 2 aromatic carbocycles. The van der Waals surface area contributed by atoms with Gasteiger partial charge in [0.15, 0.2) is 8.32 Å². The number of nitrogens with two attached hydrogens (primary N) is 2. The van der Waals surface area contributed by atoms with Gasteiger partial charge in [0.1, 0.15) is 0 Å². The number of likely N-dealkylation sites (tertiary alicyclic amines) is 1. The van der Waals surface area contributed by atoms with E-state index in [0.29, 0.717) is 24.2 Å². The molecule has 0 aliphatic carbocycles. The van der Waals surface area contributed by atoms with E-state index in [1.807, 2.05) is 30.3 Å². The number of anilines is 2. The predicted octanol–water partition coefficient (Wildman–Crippen LogP) is 7.08. The van der Waals surface area contributed by atoms with Gasteiger partial charge in [-0.25, -0.2) is 4.79 Å². The molecule has 198 valence electrons. The van der Waals surface area contributed by atoms with E-state index < -0.39 is 26.1 Å². The van der Waals surface area contributed by atoms with Gasteiger partial charge in [0.25, 0.3) is 0 Å². The van der Waals surface area contributed by atoms with Crippen LogP contribution in [0.15, 0.2) is 48.5 Å². The van der Waals surface area contributed by atoms with Crippen molar-refractivity contribution in [3.8, 4) is 0 Å². The molecule has 0 spiro atoms. The van der Waals surface area contributed by atoms with Gasteiger partial charge in [-0.1, -0.05) is 77.9 Å². The fraction of sp³-hybridized carbons (Fsp3) is 0.552. The van der Waals surface area contributed by atoms with E-state index in [9.17, 15) is 9.90 Å². The quantitative estimate of drug-likeness (QED) is 0.284. The maximum atomic E-state index is 13.1. The van der Waals surface area contributed by atoms with E-state index in [-0.39, 0.29) is 16.5 Å². The van der Waals surface area contributed by atoms with Crippen molar-refractivity contribution in [2.75, 3.05) is 11.5 Å². The average molecular weight is 512 g/mol. The Balaban J connectivity index is 2.17. The van der Waals surface area contributed by atoms with Crippen LogP contribution >= 0.6 is 0 Å². The zero-order valence-corrected chi connectivity index (χ0v) is 24.3. The molecule has 3 atom stereocenters. The Morgan fingerprint density at radius 3 is 2.19 bits per heavy atom. The molecule has 0 unspecified atom stereocenters. The Kier molecular flexibility index (Phi) is 7.60. The monoisotopic (exact) mass is 511 g/mol. The summed E-state index contributed by atoms with van der Waals surface area (Å²) in [6.45, 7) is 17.6. The highest BCUT2D eigenvalue weighted by Gasteiger charge is 2.61. The van der Waals surface area contributed by atoms with Crippen LogP contribution in [0.2, 0.25) is 18.1 Å². The highest BCUT2D eigenvalue weighted by molar-refractivity contribution is 6.74. The van der Waals surface area contributed by atoms with Crippen LogP contribution < -0.4 is 11.5 Å². The van der Waals surface area contributed by atoms with Crippen molar-refractivity contribution in [1.82, 2.24) is 4.90 Å². The number of carboxylic acid groups (broad SMARTS) is 1. The van der Waals surface area contributed by atoms with Crippen molar-refractivity contribution < 1.29 is 14.3 Å². The van der Waals surface area contributed by atoms with Crippen LogP contribution in [0.5, 0.6) is 0 Å². The molecular weight excluding hydrogens is 466 g/mol. The van der Waals surface area contributed by atoms with Crippen LogP contribution in [-0.2, 0) is 10.8 Å². The lowest BCUT2D eigenvalue weighted by atomic mass is 9.67. The first kappa shape index (κ1) is 28.1. The van der Waals surface area contributed by atoms with Crippen LogP contribution in [0, 0.1) is 5.41 Å². The maximum Gasteiger partial charge on any atom is 0.408 e. The molecule has 1 aliphatic heterocycles. The Hall–Kier alpha value is -2.51. The van der Waals surface area contributed by atoms with Crippen LogP contribution in [0.4, 0.5) is 16.2 Å². The van der Waals surface area contributed by atoms with E-state index in [0.717, 1.165) is 17.5 Å². The molecule has 0 bridgehead atoms. The minimum atomic E-state index is -2.27. The fourth-order valence-corrected chi connectivity index (χ4v) is 6.71. The van der Waals surface area contributed by atoms with Crippen molar-refractivity contribution in [3.63, 3.8) is 0 Å². The van der Waals surface area contributed by atoms with E-state index in [1.54, 1.807) is 11.0 Å². The van der Waals surface area contributed by atoms with E-state index in [4.69, 9.17) is 15.9 Å². The summed E-state index contributed by atoms with van der Waals surface area (Å²) in [4.78, 5) is 14.8. The molecule has 1 amide bonds. The molecule has 5 N–H and O–H groups in total. The lowest BCUT2D eigenvalue weighted by Gasteiger charge is -2.55. The van der Waals surface area contributed by atoms with Gasteiger partial charge in [-0.2, -0.15) is 0 Å². The summed E-state index contributed by atoms with van der Waals surface area (Å²) in [6.07, 6.45) is 0.744. The van der Waals surface area contributed by atoms with E-state index in [2.05, 4.69) is 66.8 Å². The van der Waals surface area contributed by atoms with Crippen LogP contribution in [-0.4, -0.2) is 36.0 Å². The van der Waals surface area contributed by atoms with Gasteiger partial charge in [0.05, 0.1) is 23.0 Å². The molecule has 1 aliphatic rings. The largest absolute Gasteiger partial charge is 0.465 e. The second-order valence-corrected chi connectivity index (χ2v) is 17.6. The molecule has 1 heterocycles. The molecule has 0 saturated carbocycles. The smallest absolute Gasteiger partial charge is 0.408 e. The SMILES string of the molecule is CC(C)(C)[C@@]1([C@H](O[Si](C)(C)C(C)(C)C)c2ccccc2)CC[C@@H](Cc2ccc(N)c(N)c2)N1C(=O)O. The summed E-state index contributed by atoms with van der Waals surface area (Å²) in [6, 6.07) is 15.6. The molecule has 6 nitrogen and oxygen atoms in total. The Bertz CT molecular complexity index is 1080. The second kappa shape index (κ2) is 9.75. The minimum Gasteiger partial charge on any atom is -0.465 e.